The smallest absolute Gasteiger partial charge is 0.179 e. The molecule has 2 rings (SSSR count). The summed E-state index contributed by atoms with van der Waals surface area (Å²) < 4.78 is 1.72. The molecule has 1 N–H and O–H groups in total. The molecule has 4 heteroatoms. The third-order valence-electron chi connectivity index (χ3n) is 2.96. The lowest BCUT2D eigenvalue weighted by Gasteiger charge is -2.01. The van der Waals surface area contributed by atoms with Crippen molar-refractivity contribution in [3.8, 4) is 0 Å². The maximum absolute atomic E-state index is 12.1. The Labute approximate surface area is 117 Å². The number of carbonyl (C=O) groups is 2. The monoisotopic (exact) mass is 270 g/mol. The van der Waals surface area contributed by atoms with Gasteiger partial charge in [0.25, 0.3) is 0 Å². The van der Waals surface area contributed by atoms with Gasteiger partial charge in [0.2, 0.25) is 0 Å². The van der Waals surface area contributed by atoms with E-state index in [-0.39, 0.29) is 24.6 Å². The van der Waals surface area contributed by atoms with Crippen LogP contribution in [0.5, 0.6) is 0 Å². The van der Waals surface area contributed by atoms with Crippen LogP contribution >= 0.6 is 0 Å². The summed E-state index contributed by atoms with van der Waals surface area (Å²) in [5.41, 5.74) is 1.02. The molecular weight excluding hydrogens is 254 g/mol. The molecule has 0 amide bonds. The number of hydrogen-bond acceptors (Lipinski definition) is 3. The first kappa shape index (κ1) is 14.1. The maximum atomic E-state index is 12.1. The molecule has 0 fully saturated rings. The Balaban J connectivity index is 2.08. The molecule has 102 valence electrons. The lowest BCUT2D eigenvalue weighted by atomic mass is 10.0. The van der Waals surface area contributed by atoms with Gasteiger partial charge in [-0.2, -0.15) is 0 Å². The van der Waals surface area contributed by atoms with E-state index in [0.29, 0.717) is 17.7 Å². The van der Waals surface area contributed by atoms with E-state index in [2.05, 4.69) is 0 Å². The molecule has 20 heavy (non-hydrogen) atoms. The molecule has 1 aromatic heterocycles. The van der Waals surface area contributed by atoms with Gasteiger partial charge >= 0.3 is 0 Å². The predicted molar refractivity (Wildman–Crippen MR) is 73.4 cm³/mol. The van der Waals surface area contributed by atoms with Crippen LogP contribution in [0.3, 0.4) is 0 Å². The van der Waals surface area contributed by atoms with E-state index in [1.165, 1.54) is 0 Å². The minimum absolute atomic E-state index is 0.00521. The van der Waals surface area contributed by atoms with Crippen molar-refractivity contribution < 1.29 is 19.3 Å². The number of benzene rings is 1. The van der Waals surface area contributed by atoms with E-state index >= 15 is 0 Å². The van der Waals surface area contributed by atoms with Gasteiger partial charge in [0, 0.05) is 11.6 Å². The zero-order valence-corrected chi connectivity index (χ0v) is 11.0. The maximum Gasteiger partial charge on any atom is 0.179 e. The molecule has 0 aliphatic heterocycles. The molecule has 4 nitrogen and oxygen atoms in total. The summed E-state index contributed by atoms with van der Waals surface area (Å²) in [5, 5.41) is 8.88. The van der Waals surface area contributed by atoms with Crippen LogP contribution in [0.4, 0.5) is 0 Å². The first-order valence-electron chi connectivity index (χ1n) is 6.42. The topological polar surface area (TPSA) is 58.2 Å². The second kappa shape index (κ2) is 6.73. The summed E-state index contributed by atoms with van der Waals surface area (Å²) in [6.07, 6.45) is 3.27. The van der Waals surface area contributed by atoms with Crippen LogP contribution < -0.4 is 4.57 Å². The highest BCUT2D eigenvalue weighted by Crippen LogP contribution is 2.07. The Kier molecular flexibility index (Phi) is 4.74. The highest BCUT2D eigenvalue weighted by Gasteiger charge is 2.15. The minimum atomic E-state index is -0.217. The average molecular weight is 270 g/mol. The van der Waals surface area contributed by atoms with Gasteiger partial charge in [-0.25, -0.2) is 4.57 Å². The summed E-state index contributed by atoms with van der Waals surface area (Å²) in [4.78, 5) is 24.1. The summed E-state index contributed by atoms with van der Waals surface area (Å²) in [6.45, 7) is 0.430. The van der Waals surface area contributed by atoms with E-state index in [0.717, 1.165) is 0 Å². The molecule has 2 aromatic rings. The molecule has 0 aliphatic rings. The van der Waals surface area contributed by atoms with Crippen LogP contribution in [0.15, 0.2) is 54.9 Å². The molecule has 0 saturated heterocycles. The Morgan fingerprint density at radius 1 is 0.950 bits per heavy atom. The minimum Gasteiger partial charge on any atom is -0.390 e. The number of hydrogen-bond donors (Lipinski definition) is 1. The quantitative estimate of drug-likeness (QED) is 0.490. The normalized spacial score (nSPS) is 10.2. The summed E-state index contributed by atoms with van der Waals surface area (Å²) in [6, 6.07) is 12.2. The number of aliphatic hydroxyl groups is 1. The van der Waals surface area contributed by atoms with E-state index in [1.807, 2.05) is 6.07 Å². The summed E-state index contributed by atoms with van der Waals surface area (Å²) >= 11 is 0. The lowest BCUT2D eigenvalue weighted by Crippen LogP contribution is -2.35. The van der Waals surface area contributed by atoms with Crippen molar-refractivity contribution in [2.24, 2.45) is 0 Å². The second-order valence-electron chi connectivity index (χ2n) is 4.44. The largest absolute Gasteiger partial charge is 0.390 e. The van der Waals surface area contributed by atoms with Gasteiger partial charge < -0.3 is 5.11 Å². The number of rotatable bonds is 6. The van der Waals surface area contributed by atoms with Crippen LogP contribution in [-0.4, -0.2) is 23.3 Å². The Bertz CT molecular complexity index is 608. The van der Waals surface area contributed by atoms with E-state index in [4.69, 9.17) is 5.11 Å². The van der Waals surface area contributed by atoms with Crippen molar-refractivity contribution in [2.75, 3.05) is 6.61 Å². The average Bonchev–Trinajstić information content (AvgIpc) is 2.48. The highest BCUT2D eigenvalue weighted by atomic mass is 16.3. The van der Waals surface area contributed by atoms with Gasteiger partial charge in [0.15, 0.2) is 30.5 Å². The van der Waals surface area contributed by atoms with E-state index < -0.39 is 0 Å². The van der Waals surface area contributed by atoms with Gasteiger partial charge in [-0.15, -0.1) is 0 Å². The zero-order chi connectivity index (χ0) is 14.4. The fraction of sp³-hybridized carbons (Fsp3) is 0.188. The van der Waals surface area contributed by atoms with Crippen molar-refractivity contribution in [3.63, 3.8) is 0 Å². The van der Waals surface area contributed by atoms with Gasteiger partial charge in [0.05, 0.1) is 12.0 Å². The number of Topliss-reactive ketones (excluding diaryl/α,β-unsaturated/α-hetero) is 2. The van der Waals surface area contributed by atoms with Gasteiger partial charge in [-0.05, 0) is 6.07 Å². The molecule has 0 atom stereocenters. The second-order valence-corrected chi connectivity index (χ2v) is 4.44. The number of pyridine rings is 1. The number of carbonyl (C=O) groups excluding carboxylic acids is 2. The third kappa shape index (κ3) is 3.59. The van der Waals surface area contributed by atoms with Crippen LogP contribution in [0.1, 0.15) is 27.1 Å². The Hall–Kier alpha value is -2.33. The standard InChI is InChI=1S/C16H16NO3/c18-10-9-17-8-4-7-14(12-17)16(20)11-15(19)13-5-2-1-3-6-13/h1-8,12,18H,9-11H2/q+1. The number of aromatic nitrogens is 1. The van der Waals surface area contributed by atoms with Crippen LogP contribution in [0.25, 0.3) is 0 Å². The molecule has 0 saturated carbocycles. The van der Waals surface area contributed by atoms with Gasteiger partial charge in [0.1, 0.15) is 6.61 Å². The molecule has 0 bridgehead atoms. The van der Waals surface area contributed by atoms with Gasteiger partial charge in [-0.3, -0.25) is 9.59 Å². The molecule has 0 aliphatic carbocycles. The highest BCUT2D eigenvalue weighted by molar-refractivity contribution is 6.13. The summed E-state index contributed by atoms with van der Waals surface area (Å²) in [7, 11) is 0. The number of nitrogens with zero attached hydrogens (tertiary/aromatic N) is 1. The van der Waals surface area contributed by atoms with Crippen LogP contribution in [-0.2, 0) is 6.54 Å². The third-order valence-corrected chi connectivity index (χ3v) is 2.96. The van der Waals surface area contributed by atoms with Crippen molar-refractivity contribution in [1.29, 1.82) is 0 Å². The molecule has 0 spiro atoms. The predicted octanol–water partition coefficient (Wildman–Crippen LogP) is 1.42. The fourth-order valence-corrected chi connectivity index (χ4v) is 1.92. The molecule has 1 aromatic carbocycles. The van der Waals surface area contributed by atoms with E-state index in [1.54, 1.807) is 53.4 Å². The molecule has 1 heterocycles. The van der Waals surface area contributed by atoms with Crippen LogP contribution in [0, 0.1) is 0 Å². The molecular formula is C16H16NO3+. The SMILES string of the molecule is O=C(CC(=O)c1ccc[n+](CCO)c1)c1ccccc1. The van der Waals surface area contributed by atoms with E-state index in [9.17, 15) is 9.59 Å². The zero-order valence-electron chi connectivity index (χ0n) is 11.0. The van der Waals surface area contributed by atoms with Crippen molar-refractivity contribution in [1.82, 2.24) is 0 Å². The molecule has 0 radical (unpaired) electrons. The molecule has 0 unspecified atom stereocenters. The van der Waals surface area contributed by atoms with Gasteiger partial charge in [-0.1, -0.05) is 30.3 Å². The van der Waals surface area contributed by atoms with Crippen LogP contribution in [0.2, 0.25) is 0 Å². The first-order valence-corrected chi connectivity index (χ1v) is 6.42. The fourth-order valence-electron chi connectivity index (χ4n) is 1.92. The number of aliphatic hydroxyl groups excluding tert-OH is 1. The number of ketones is 2. The summed E-state index contributed by atoms with van der Waals surface area (Å²) in [5.74, 6) is -0.403. The Morgan fingerprint density at radius 2 is 1.60 bits per heavy atom. The Morgan fingerprint density at radius 3 is 2.30 bits per heavy atom. The lowest BCUT2D eigenvalue weighted by molar-refractivity contribution is -0.698. The van der Waals surface area contributed by atoms with Crippen molar-refractivity contribution in [2.45, 2.75) is 13.0 Å². The van der Waals surface area contributed by atoms with Crippen molar-refractivity contribution in [3.05, 3.63) is 66.0 Å². The van der Waals surface area contributed by atoms with Crippen molar-refractivity contribution >= 4 is 11.6 Å². The first-order chi connectivity index (χ1) is 9.70.